The molecule has 0 aliphatic carbocycles. The second-order valence-electron chi connectivity index (χ2n) is 0.590. The Balaban J connectivity index is 0. The predicted molar refractivity (Wildman–Crippen MR) is 26.0 cm³/mol. The molecule has 1 atom stereocenters. The van der Waals surface area contributed by atoms with Crippen molar-refractivity contribution in [2.75, 3.05) is 0 Å². The van der Waals surface area contributed by atoms with Crippen LogP contribution in [0.3, 0.4) is 0 Å². The molecule has 2 N–H and O–H groups in total. The first kappa shape index (κ1) is 11.9. The monoisotopic (exact) mass is 164 g/mol. The van der Waals surface area contributed by atoms with Crippen molar-refractivity contribution < 1.29 is 18.4 Å². The van der Waals surface area contributed by atoms with Crippen LogP contribution in [0.1, 0.15) is 0 Å². The van der Waals surface area contributed by atoms with E-state index in [9.17, 15) is 4.21 Å². The molecule has 0 fully saturated rings. The van der Waals surface area contributed by atoms with E-state index in [2.05, 4.69) is 4.33 Å². The molecule has 7 heavy (non-hydrogen) atoms. The standard InChI is InChI=1S/Al.K.H2O4S/c;;1-4-5(2)3/h;;1H,(H,2,3). The smallest absolute Gasteiger partial charge is 0 e. The molecule has 0 aliphatic heterocycles. The number of rotatable bonds is 1. The van der Waals surface area contributed by atoms with Crippen LogP contribution in [-0.2, 0) is 12.7 Å². The van der Waals surface area contributed by atoms with Crippen LogP contribution >= 0.6 is 0 Å². The summed E-state index contributed by atoms with van der Waals surface area (Å²) in [5.74, 6) is 0. The van der Waals surface area contributed by atoms with Gasteiger partial charge in [0.2, 0.25) is 0 Å². The maximum absolute atomic E-state index is 9.60. The van der Waals surface area contributed by atoms with E-state index in [1.807, 2.05) is 0 Å². The Morgan fingerprint density at radius 3 is 1.86 bits per heavy atom. The van der Waals surface area contributed by atoms with Crippen LogP contribution in [-0.4, -0.2) is 80.0 Å². The summed E-state index contributed by atoms with van der Waals surface area (Å²) in [7, 11) is -3.44. The molecular weight excluding hydrogens is 162 g/mol. The fraction of sp³-hybridized carbons (Fsp3) is 0. The maximum atomic E-state index is 9.60. The predicted octanol–water partition coefficient (Wildman–Crippen LogP) is -1.15. The van der Waals surface area contributed by atoms with Gasteiger partial charge in [0.05, 0.1) is 0 Å². The van der Waals surface area contributed by atoms with Gasteiger partial charge in [-0.05, 0) is 0 Å². The summed E-state index contributed by atoms with van der Waals surface area (Å²) in [5, 5.41) is 7.36. The van der Waals surface area contributed by atoms with Gasteiger partial charge in [0.25, 0.3) is 0 Å². The van der Waals surface area contributed by atoms with Crippen molar-refractivity contribution in [1.29, 1.82) is 0 Å². The fourth-order valence-electron chi connectivity index (χ4n) is 0. The summed E-state index contributed by atoms with van der Waals surface area (Å²) >= 11 is 1.40. The first-order valence-corrected chi connectivity index (χ1v) is 3.85. The Hall–Kier alpha value is 2.20. The Morgan fingerprint density at radius 1 is 1.71 bits per heavy atom. The number of hydrogen-bond acceptors (Lipinski definition) is 3. The van der Waals surface area contributed by atoms with Crippen LogP contribution in [0.2, 0.25) is 0 Å². The van der Waals surface area contributed by atoms with Gasteiger partial charge in [-0.1, -0.05) is 0 Å². The van der Waals surface area contributed by atoms with Gasteiger partial charge < -0.3 is 0 Å². The molecule has 0 aromatic rings. The summed E-state index contributed by atoms with van der Waals surface area (Å²) in [4.78, 5) is 0. The van der Waals surface area contributed by atoms with Crippen molar-refractivity contribution in [1.82, 2.24) is 0 Å². The van der Waals surface area contributed by atoms with E-state index in [1.54, 1.807) is 0 Å². The number of hydrogen-bond donors (Lipinski definition) is 2. The Morgan fingerprint density at radius 2 is 1.86 bits per heavy atom. The van der Waals surface area contributed by atoms with E-state index in [-0.39, 0.29) is 51.4 Å². The van der Waals surface area contributed by atoms with Gasteiger partial charge in [-0.3, -0.25) is 0 Å². The Labute approximate surface area is 90.9 Å². The molecule has 0 saturated heterocycles. The molecule has 7 heteroatoms. The summed E-state index contributed by atoms with van der Waals surface area (Å²) in [6.07, 6.45) is 0. The van der Waals surface area contributed by atoms with Gasteiger partial charge in [-0.25, -0.2) is 0 Å². The van der Waals surface area contributed by atoms with Gasteiger partial charge >= 0.3 is 41.4 Å². The normalized spacial score (nSPS) is 16.7. The van der Waals surface area contributed by atoms with Crippen LogP contribution < -0.4 is 0 Å². The first-order valence-electron chi connectivity index (χ1n) is 0.934. The van der Waals surface area contributed by atoms with Crippen molar-refractivity contribution in [3.8, 4) is 0 Å². The van der Waals surface area contributed by atoms with E-state index >= 15 is 0 Å². The quantitative estimate of drug-likeness (QED) is 0.292. The van der Waals surface area contributed by atoms with Crippen LogP contribution in [0, 0.1) is 0 Å². The van der Waals surface area contributed by atoms with Crippen LogP contribution in [0.15, 0.2) is 0 Å². The third kappa shape index (κ3) is 11.7. The molecule has 0 amide bonds. The van der Waals surface area contributed by atoms with Crippen LogP contribution in [0.5, 0.6) is 0 Å². The largest absolute Gasteiger partial charge is 0 e. The van der Waals surface area contributed by atoms with Crippen molar-refractivity contribution in [3.05, 3.63) is 0 Å². The molecule has 0 saturated carbocycles. The van der Waals surface area contributed by atoms with Gasteiger partial charge in [-0.2, -0.15) is 0 Å². The molecule has 0 aliphatic rings. The minimum atomic E-state index is -3.44. The first-order chi connectivity index (χ1) is 2.56. The van der Waals surface area contributed by atoms with Gasteiger partial charge in [0, 0.05) is 51.4 Å². The fourth-order valence-corrected chi connectivity index (χ4v) is 0. The third-order valence-corrected chi connectivity index (χ3v) is 0.579. The molecule has 0 rings (SSSR count). The summed E-state index contributed by atoms with van der Waals surface area (Å²) in [5.41, 5.74) is 0. The third-order valence-electron chi connectivity index (χ3n) is 0.107. The van der Waals surface area contributed by atoms with Gasteiger partial charge in [0.1, 0.15) is 0 Å². The Bertz CT molecular complexity index is 114. The molecule has 4 nitrogen and oxygen atoms in total. The summed E-state index contributed by atoms with van der Waals surface area (Å²) in [6.45, 7) is 0. The minimum Gasteiger partial charge on any atom is 0 e. The Kier molecular flexibility index (Phi) is 8.56. The SMILES string of the molecule is O=[S](O)(=[Al])OO.[K]. The zero-order valence-corrected chi connectivity index (χ0v) is 8.79. The molecule has 0 bridgehead atoms. The van der Waals surface area contributed by atoms with E-state index in [0.29, 0.717) is 0 Å². The molecule has 36 valence electrons. The van der Waals surface area contributed by atoms with E-state index in [0.717, 1.165) is 0 Å². The average Bonchev–Trinajstić information content (AvgIpc) is 1.35. The second-order valence-corrected chi connectivity index (χ2v) is 3.56. The van der Waals surface area contributed by atoms with E-state index < -0.39 is 8.37 Å². The molecule has 0 heterocycles. The molecular formula is H2AlKO4S. The van der Waals surface area contributed by atoms with Crippen LogP contribution in [0.25, 0.3) is 0 Å². The minimum absolute atomic E-state index is 0. The van der Waals surface area contributed by atoms with E-state index in [1.165, 1.54) is 14.6 Å². The molecule has 0 aromatic carbocycles. The second kappa shape index (κ2) is 5.02. The zero-order valence-electron chi connectivity index (χ0n) is 3.70. The maximum Gasteiger partial charge on any atom is 0 e. The van der Waals surface area contributed by atoms with Crippen molar-refractivity contribution in [2.45, 2.75) is 0 Å². The molecule has 0 aromatic heterocycles. The summed E-state index contributed by atoms with van der Waals surface area (Å²) < 4.78 is 20.4. The van der Waals surface area contributed by atoms with E-state index in [4.69, 9.17) is 9.81 Å². The average molecular weight is 164 g/mol. The van der Waals surface area contributed by atoms with Gasteiger partial charge in [0.15, 0.2) is 0 Å². The molecule has 2 radical (unpaired) electrons. The van der Waals surface area contributed by atoms with Crippen molar-refractivity contribution >= 4 is 74.4 Å². The topological polar surface area (TPSA) is 66.8 Å². The van der Waals surface area contributed by atoms with Crippen LogP contribution in [0.4, 0.5) is 0 Å². The molecule has 1 unspecified atom stereocenters. The summed E-state index contributed by atoms with van der Waals surface area (Å²) in [6, 6.07) is 0. The van der Waals surface area contributed by atoms with Crippen molar-refractivity contribution in [2.24, 2.45) is 0 Å². The zero-order chi connectivity index (χ0) is 5.21. The van der Waals surface area contributed by atoms with Gasteiger partial charge in [-0.15, -0.1) is 0 Å². The molecule has 0 spiro atoms. The van der Waals surface area contributed by atoms with Crippen molar-refractivity contribution in [3.63, 3.8) is 0 Å².